The number of carbonyl (C=O) groups excluding carboxylic acids is 3. The van der Waals surface area contributed by atoms with E-state index in [0.717, 1.165) is 21.6 Å². The van der Waals surface area contributed by atoms with Crippen LogP contribution in [0.3, 0.4) is 0 Å². The van der Waals surface area contributed by atoms with Crippen molar-refractivity contribution in [1.82, 2.24) is 9.80 Å². The van der Waals surface area contributed by atoms with Crippen molar-refractivity contribution >= 4 is 48.7 Å². The Balaban J connectivity index is 1.97. The van der Waals surface area contributed by atoms with Gasteiger partial charge in [0.25, 0.3) is 0 Å². The molecule has 3 rings (SSSR count). The number of rotatable bonds is 11. The fraction of sp³-hybridized carbons (Fsp3) is 0.605. The molecule has 13 heteroatoms. The average Bonchev–Trinajstić information content (AvgIpc) is 2.97. The van der Waals surface area contributed by atoms with E-state index >= 15 is 0 Å². The molecule has 0 radical (unpaired) electrons. The molecule has 0 N–H and O–H groups in total. The van der Waals surface area contributed by atoms with Crippen LogP contribution in [-0.2, 0) is 34.6 Å². The Morgan fingerprint density at radius 2 is 1.37 bits per heavy atom. The van der Waals surface area contributed by atoms with Gasteiger partial charge in [-0.05, 0) is 129 Å². The van der Waals surface area contributed by atoms with Crippen LogP contribution in [0.1, 0.15) is 94.1 Å². The molecule has 0 spiro atoms. The Kier molecular flexibility index (Phi) is 14.3. The third kappa shape index (κ3) is 12.2. The fourth-order valence-electron chi connectivity index (χ4n) is 5.91. The summed E-state index contributed by atoms with van der Waals surface area (Å²) in [5.41, 5.74) is 0.289. The number of hydrogen-bond acceptors (Lipinski definition) is 9. The highest BCUT2D eigenvalue weighted by Gasteiger charge is 2.59. The summed E-state index contributed by atoms with van der Waals surface area (Å²) in [7, 11) is -3.63. The van der Waals surface area contributed by atoms with Gasteiger partial charge in [0.2, 0.25) is 7.37 Å². The van der Waals surface area contributed by atoms with Crippen LogP contribution in [0, 0.1) is 0 Å². The highest BCUT2D eigenvalue weighted by Crippen LogP contribution is 2.64. The van der Waals surface area contributed by atoms with E-state index in [1.54, 1.807) is 69.2 Å². The fourth-order valence-corrected chi connectivity index (χ4v) is 9.21. The van der Waals surface area contributed by atoms with Gasteiger partial charge in [0, 0.05) is 42.4 Å². The molecule has 2 atom stereocenters. The van der Waals surface area contributed by atoms with Crippen molar-refractivity contribution in [2.24, 2.45) is 0 Å². The zero-order valence-electron chi connectivity index (χ0n) is 31.8. The second kappa shape index (κ2) is 17.0. The molecule has 284 valence electrons. The molecule has 1 aliphatic rings. The minimum Gasteiger partial charge on any atom is -0.459 e. The van der Waals surface area contributed by atoms with Gasteiger partial charge in [-0.15, -0.1) is 0 Å². The van der Waals surface area contributed by atoms with Gasteiger partial charge in [-0.25, -0.2) is 14.5 Å². The van der Waals surface area contributed by atoms with Crippen LogP contribution >= 0.6 is 30.6 Å². The van der Waals surface area contributed by atoms with Gasteiger partial charge in [-0.1, -0.05) is 41.4 Å². The van der Waals surface area contributed by atoms with Crippen molar-refractivity contribution in [1.29, 1.82) is 0 Å². The lowest BCUT2D eigenvalue weighted by Gasteiger charge is -2.46. The molecule has 2 aromatic carbocycles. The predicted octanol–water partition coefficient (Wildman–Crippen LogP) is 10.2. The molecule has 0 aromatic heterocycles. The van der Waals surface area contributed by atoms with Gasteiger partial charge in [0.1, 0.15) is 16.8 Å². The number of hydrogen-bond donors (Lipinski definition) is 0. The molecule has 1 fully saturated rings. The quantitative estimate of drug-likeness (QED) is 0.0954. The lowest BCUT2D eigenvalue weighted by atomic mass is 9.96. The summed E-state index contributed by atoms with van der Waals surface area (Å²) in [4.78, 5) is 43.6. The second-order valence-corrected chi connectivity index (χ2v) is 19.7. The Hall–Kier alpha value is -2.62. The van der Waals surface area contributed by atoms with Crippen molar-refractivity contribution in [3.8, 4) is 11.1 Å². The lowest BCUT2D eigenvalue weighted by molar-refractivity contribution is -0.160. The average molecular weight is 770 g/mol. The van der Waals surface area contributed by atoms with Gasteiger partial charge >= 0.3 is 18.2 Å². The van der Waals surface area contributed by atoms with E-state index in [1.165, 1.54) is 0 Å². The monoisotopic (exact) mass is 768 g/mol. The predicted molar refractivity (Wildman–Crippen MR) is 203 cm³/mol. The molecule has 0 aliphatic carbocycles. The highest BCUT2D eigenvalue weighted by atomic mass is 35.5. The van der Waals surface area contributed by atoms with Crippen LogP contribution in [0.4, 0.5) is 9.59 Å². The molecule has 10 nitrogen and oxygen atoms in total. The van der Waals surface area contributed by atoms with E-state index in [9.17, 15) is 18.9 Å². The molecule has 1 saturated heterocycles. The third-order valence-electron chi connectivity index (χ3n) is 8.04. The number of ether oxygens (including phenoxy) is 3. The third-order valence-corrected chi connectivity index (χ3v) is 11.8. The van der Waals surface area contributed by atoms with Gasteiger partial charge in [-0.3, -0.25) is 14.3 Å². The van der Waals surface area contributed by atoms with Crippen LogP contribution < -0.4 is 0 Å². The van der Waals surface area contributed by atoms with Crippen molar-refractivity contribution in [2.45, 2.75) is 117 Å². The number of halogens is 2. The van der Waals surface area contributed by atoms with E-state index in [-0.39, 0.29) is 38.7 Å². The summed E-state index contributed by atoms with van der Waals surface area (Å²) >= 11 is 12.6. The van der Waals surface area contributed by atoms with Gasteiger partial charge in [0.05, 0.1) is 6.61 Å². The molecular weight excluding hydrogens is 714 g/mol. The SMILES string of the molecule is CCOP1(=O)CCN(Cc2ccc(Cl)cc2-c2ccc(Cl)cc2)C[C@@]1(CCCCN(C(=O)OC(C)(C)C)C(=O)OC(C)(C)C)C(=O)OC(C)(C)C. The molecule has 0 bridgehead atoms. The van der Waals surface area contributed by atoms with Crippen LogP contribution in [0.5, 0.6) is 0 Å². The number of benzene rings is 2. The standard InChI is InChI=1S/C38H55Cl2N2O8P/c1-11-47-51(46)23-22-41(25-28-16-19-30(40)24-31(28)27-14-17-29(39)18-15-27)26-38(51,32(43)48-35(2,3)4)20-12-13-21-42(33(44)49-36(5,6)7)34(45)50-37(8,9)10/h14-19,24H,11-13,20-23,25-26H2,1-10H3/t38-,51?/m0/s1. The molecule has 1 heterocycles. The second-order valence-electron chi connectivity index (χ2n) is 15.9. The van der Waals surface area contributed by atoms with E-state index < -0.39 is 47.5 Å². The van der Waals surface area contributed by atoms with Crippen molar-refractivity contribution in [2.75, 3.05) is 32.4 Å². The minimum absolute atomic E-state index is 0.0356. The molecular formula is C38H55Cl2N2O8P. The minimum atomic E-state index is -3.63. The number of unbranched alkanes of at least 4 members (excludes halogenated alkanes) is 1. The maximum absolute atomic E-state index is 14.9. The highest BCUT2D eigenvalue weighted by molar-refractivity contribution is 7.62. The van der Waals surface area contributed by atoms with Gasteiger partial charge in [-0.2, -0.15) is 0 Å². The van der Waals surface area contributed by atoms with E-state index in [4.69, 9.17) is 41.9 Å². The summed E-state index contributed by atoms with van der Waals surface area (Å²) in [5, 5.41) is -0.310. The lowest BCUT2D eigenvalue weighted by Crippen LogP contribution is -2.56. The zero-order chi connectivity index (χ0) is 38.4. The Morgan fingerprint density at radius 1 is 0.824 bits per heavy atom. The van der Waals surface area contributed by atoms with E-state index in [0.29, 0.717) is 29.6 Å². The molecule has 1 aliphatic heterocycles. The van der Waals surface area contributed by atoms with Crippen molar-refractivity contribution < 1.29 is 37.7 Å². The largest absolute Gasteiger partial charge is 0.459 e. The first-order valence-electron chi connectivity index (χ1n) is 17.4. The van der Waals surface area contributed by atoms with Gasteiger partial charge in [0.15, 0.2) is 5.16 Å². The molecule has 2 aromatic rings. The molecule has 0 saturated carbocycles. The number of amides is 2. The van der Waals surface area contributed by atoms with Crippen LogP contribution in [0.25, 0.3) is 11.1 Å². The maximum Gasteiger partial charge on any atom is 0.419 e. The first-order valence-corrected chi connectivity index (χ1v) is 20.0. The number of esters is 1. The van der Waals surface area contributed by atoms with E-state index in [2.05, 4.69) is 4.90 Å². The van der Waals surface area contributed by atoms with E-state index in [1.807, 2.05) is 42.5 Å². The number of nitrogens with zero attached hydrogens (tertiary/aromatic N) is 2. The Bertz CT molecular complexity index is 1550. The summed E-state index contributed by atoms with van der Waals surface area (Å²) in [6, 6.07) is 13.2. The summed E-state index contributed by atoms with van der Waals surface area (Å²) in [6.45, 7) is 18.5. The van der Waals surface area contributed by atoms with Crippen LogP contribution in [-0.4, -0.2) is 82.3 Å². The van der Waals surface area contributed by atoms with Crippen molar-refractivity contribution in [3.63, 3.8) is 0 Å². The summed E-state index contributed by atoms with van der Waals surface area (Å²) in [5.74, 6) is -0.596. The van der Waals surface area contributed by atoms with Crippen LogP contribution in [0.2, 0.25) is 10.0 Å². The summed E-state index contributed by atoms with van der Waals surface area (Å²) < 4.78 is 38.0. The number of imide groups is 1. The summed E-state index contributed by atoms with van der Waals surface area (Å²) in [6.07, 6.45) is -0.775. The van der Waals surface area contributed by atoms with Crippen LogP contribution in [0.15, 0.2) is 42.5 Å². The van der Waals surface area contributed by atoms with Crippen molar-refractivity contribution in [3.05, 3.63) is 58.1 Å². The zero-order valence-corrected chi connectivity index (χ0v) is 34.2. The smallest absolute Gasteiger partial charge is 0.419 e. The molecule has 51 heavy (non-hydrogen) atoms. The Morgan fingerprint density at radius 3 is 1.90 bits per heavy atom. The Labute approximate surface area is 313 Å². The normalized spacial score (nSPS) is 20.1. The first-order chi connectivity index (χ1) is 23.5. The topological polar surface area (TPSA) is 112 Å². The molecule has 2 amide bonds. The molecule has 1 unspecified atom stereocenters. The first kappa shape index (κ1) is 42.8. The van der Waals surface area contributed by atoms with Gasteiger partial charge < -0.3 is 18.7 Å². The number of carbonyl (C=O) groups is 3. The maximum atomic E-state index is 14.9.